The fourth-order valence-electron chi connectivity index (χ4n) is 1.93. The van der Waals surface area contributed by atoms with E-state index in [4.69, 9.17) is 2.74 Å². The predicted octanol–water partition coefficient (Wildman–Crippen LogP) is 2.95. The Hall–Kier alpha value is -0.780. The van der Waals surface area contributed by atoms with E-state index in [1.54, 1.807) is 0 Å². The van der Waals surface area contributed by atoms with Gasteiger partial charge in [-0.15, -0.1) is 0 Å². The highest BCUT2D eigenvalue weighted by molar-refractivity contribution is 5.33. The number of rotatable bonds is 1. The van der Waals surface area contributed by atoms with E-state index in [-0.39, 0.29) is 5.41 Å². The molecular weight excluding hydrogens is 132 g/mol. The van der Waals surface area contributed by atoms with Crippen molar-refractivity contribution in [2.45, 2.75) is 25.1 Å². The third-order valence-electron chi connectivity index (χ3n) is 2.91. The van der Waals surface area contributed by atoms with Crippen molar-refractivity contribution < 1.29 is 2.74 Å². The first-order valence-corrected chi connectivity index (χ1v) is 4.21. The van der Waals surface area contributed by atoms with Crippen LogP contribution >= 0.6 is 0 Å². The second-order valence-electron chi connectivity index (χ2n) is 3.68. The van der Waals surface area contributed by atoms with Gasteiger partial charge in [0.15, 0.2) is 0 Å². The lowest BCUT2D eigenvalue weighted by Crippen LogP contribution is -1.79. The Labute approximate surface area is 70.1 Å². The third-order valence-corrected chi connectivity index (χ3v) is 2.91. The van der Waals surface area contributed by atoms with Crippen LogP contribution in [-0.2, 0) is 0 Å². The van der Waals surface area contributed by atoms with Gasteiger partial charge in [-0.2, -0.15) is 0 Å². The van der Waals surface area contributed by atoms with Crippen LogP contribution in [0.15, 0.2) is 30.3 Å². The number of benzene rings is 1. The van der Waals surface area contributed by atoms with Gasteiger partial charge >= 0.3 is 0 Å². The van der Waals surface area contributed by atoms with Crippen LogP contribution in [-0.4, -0.2) is 0 Å². The summed E-state index contributed by atoms with van der Waals surface area (Å²) in [5.74, 6) is 0.503. The standard InChI is InChI=1S/C11H12/c1-2-4-9(5-3-1)10-8-11(10)6-7-11/h1-5,10H,6-8H2/t10-/m1/s1/i6D2/t10-,11+. The van der Waals surface area contributed by atoms with Crippen LogP contribution in [0.1, 0.15) is 33.4 Å². The van der Waals surface area contributed by atoms with Gasteiger partial charge in [-0.1, -0.05) is 30.3 Å². The lowest BCUT2D eigenvalue weighted by atomic mass is 10.1. The molecule has 0 aromatic heterocycles. The maximum absolute atomic E-state index is 7.66. The Bertz CT molecular complexity index is 344. The molecular formula is C11H12. The second-order valence-corrected chi connectivity index (χ2v) is 3.68. The van der Waals surface area contributed by atoms with Crippen molar-refractivity contribution in [2.24, 2.45) is 5.41 Å². The zero-order chi connectivity index (χ0) is 9.10. The molecule has 2 fully saturated rings. The molecule has 56 valence electrons. The Morgan fingerprint density at radius 1 is 1.36 bits per heavy atom. The summed E-state index contributed by atoms with van der Waals surface area (Å²) < 4.78 is 15.3. The molecule has 0 unspecified atom stereocenters. The predicted molar refractivity (Wildman–Crippen MR) is 45.5 cm³/mol. The van der Waals surface area contributed by atoms with Gasteiger partial charge in [-0.25, -0.2) is 0 Å². The topological polar surface area (TPSA) is 0 Å². The van der Waals surface area contributed by atoms with E-state index in [2.05, 4.69) is 12.1 Å². The minimum absolute atomic E-state index is 0.0500. The minimum Gasteiger partial charge on any atom is -0.0622 e. The Morgan fingerprint density at radius 2 is 2.09 bits per heavy atom. The molecule has 2 atom stereocenters. The molecule has 2 aliphatic rings. The van der Waals surface area contributed by atoms with E-state index in [0.717, 1.165) is 12.8 Å². The van der Waals surface area contributed by atoms with Gasteiger partial charge in [-0.3, -0.25) is 0 Å². The Morgan fingerprint density at radius 3 is 2.64 bits per heavy atom. The van der Waals surface area contributed by atoms with Crippen molar-refractivity contribution in [1.29, 1.82) is 0 Å². The van der Waals surface area contributed by atoms with E-state index in [0.29, 0.717) is 5.92 Å². The zero-order valence-corrected chi connectivity index (χ0v) is 6.38. The summed E-state index contributed by atoms with van der Waals surface area (Å²) in [5.41, 5.74) is 1.37. The summed E-state index contributed by atoms with van der Waals surface area (Å²) in [5, 5.41) is 0. The van der Waals surface area contributed by atoms with Gasteiger partial charge < -0.3 is 0 Å². The Kier molecular flexibility index (Phi) is 0.659. The highest BCUT2D eigenvalue weighted by atomic mass is 14.7. The molecule has 2 saturated carbocycles. The van der Waals surface area contributed by atoms with Crippen LogP contribution in [0.4, 0.5) is 0 Å². The van der Waals surface area contributed by atoms with Gasteiger partial charge in [0, 0.05) is 2.74 Å². The van der Waals surface area contributed by atoms with E-state index < -0.39 is 6.37 Å². The fraction of sp³-hybridized carbons (Fsp3) is 0.455. The van der Waals surface area contributed by atoms with Crippen molar-refractivity contribution in [3.63, 3.8) is 0 Å². The molecule has 0 N–H and O–H groups in total. The molecule has 0 nitrogen and oxygen atoms in total. The lowest BCUT2D eigenvalue weighted by Gasteiger charge is -1.95. The maximum Gasteiger partial charge on any atom is 0.0273 e. The molecule has 0 heteroatoms. The number of hydrogen-bond donors (Lipinski definition) is 0. The summed E-state index contributed by atoms with van der Waals surface area (Å²) in [6.45, 7) is 0. The SMILES string of the molecule is [2H]C1([2H])C[C@]12C[C@@H]2c1ccccc1. The normalized spacial score (nSPS) is 46.4. The molecule has 0 aliphatic heterocycles. The van der Waals surface area contributed by atoms with Crippen LogP contribution in [0.3, 0.4) is 0 Å². The van der Waals surface area contributed by atoms with Gasteiger partial charge in [0.1, 0.15) is 0 Å². The van der Waals surface area contributed by atoms with Gasteiger partial charge in [0.05, 0.1) is 0 Å². The first-order chi connectivity index (χ1) is 6.16. The Balaban J connectivity index is 1.86. The van der Waals surface area contributed by atoms with E-state index in [1.165, 1.54) is 5.56 Å². The summed E-state index contributed by atoms with van der Waals surface area (Å²) in [7, 11) is 0. The fourth-order valence-corrected chi connectivity index (χ4v) is 1.93. The molecule has 1 aromatic rings. The molecule has 3 rings (SSSR count). The highest BCUT2D eigenvalue weighted by Gasteiger charge is 2.62. The summed E-state index contributed by atoms with van der Waals surface area (Å²) in [4.78, 5) is 0. The zero-order valence-electron chi connectivity index (χ0n) is 8.38. The average Bonchev–Trinajstić information content (AvgIpc) is 2.93. The van der Waals surface area contributed by atoms with E-state index in [1.807, 2.05) is 18.2 Å². The average molecular weight is 146 g/mol. The van der Waals surface area contributed by atoms with Crippen LogP contribution in [0.2, 0.25) is 0 Å². The monoisotopic (exact) mass is 146 g/mol. The van der Waals surface area contributed by atoms with Crippen molar-refractivity contribution >= 4 is 0 Å². The van der Waals surface area contributed by atoms with Crippen molar-refractivity contribution in [2.75, 3.05) is 0 Å². The highest BCUT2D eigenvalue weighted by Crippen LogP contribution is 2.74. The third kappa shape index (κ3) is 0.756. The molecule has 0 amide bonds. The van der Waals surface area contributed by atoms with E-state index >= 15 is 0 Å². The smallest absolute Gasteiger partial charge is 0.0273 e. The molecule has 0 radical (unpaired) electrons. The molecule has 1 spiro atoms. The van der Waals surface area contributed by atoms with E-state index in [9.17, 15) is 0 Å². The van der Waals surface area contributed by atoms with Crippen LogP contribution in [0.5, 0.6) is 0 Å². The van der Waals surface area contributed by atoms with Gasteiger partial charge in [0.2, 0.25) is 0 Å². The molecule has 2 aliphatic carbocycles. The molecule has 0 saturated heterocycles. The lowest BCUT2D eigenvalue weighted by molar-refractivity contribution is 0.840. The minimum atomic E-state index is -0.868. The van der Waals surface area contributed by atoms with Gasteiger partial charge in [-0.05, 0) is 36.1 Å². The maximum atomic E-state index is 7.66. The van der Waals surface area contributed by atoms with Crippen LogP contribution < -0.4 is 0 Å². The van der Waals surface area contributed by atoms with Crippen LogP contribution in [0, 0.1) is 5.41 Å². The second kappa shape index (κ2) is 1.69. The van der Waals surface area contributed by atoms with Crippen LogP contribution in [0.25, 0.3) is 0 Å². The largest absolute Gasteiger partial charge is 0.0622 e. The molecule has 1 aromatic carbocycles. The molecule has 0 bridgehead atoms. The van der Waals surface area contributed by atoms with Crippen molar-refractivity contribution in [3.8, 4) is 0 Å². The first-order valence-electron chi connectivity index (χ1n) is 5.21. The molecule has 0 heterocycles. The van der Waals surface area contributed by atoms with Crippen molar-refractivity contribution in [1.82, 2.24) is 0 Å². The van der Waals surface area contributed by atoms with Gasteiger partial charge in [0.25, 0.3) is 0 Å². The summed E-state index contributed by atoms with van der Waals surface area (Å²) >= 11 is 0. The molecule has 11 heavy (non-hydrogen) atoms. The van der Waals surface area contributed by atoms with Crippen molar-refractivity contribution in [3.05, 3.63) is 35.9 Å². The summed E-state index contributed by atoms with van der Waals surface area (Å²) in [6, 6.07) is 10.3. The summed E-state index contributed by atoms with van der Waals surface area (Å²) in [6.07, 6.45) is 0.969. The first kappa shape index (κ1) is 4.30. The number of hydrogen-bond acceptors (Lipinski definition) is 0. The quantitative estimate of drug-likeness (QED) is 0.571.